The number of aryl methyl sites for hydroxylation is 1. The summed E-state index contributed by atoms with van der Waals surface area (Å²) in [5, 5.41) is 3.30. The number of rotatable bonds is 4. The van der Waals surface area contributed by atoms with Gasteiger partial charge in [0.1, 0.15) is 13.2 Å². The van der Waals surface area contributed by atoms with Gasteiger partial charge < -0.3 is 14.8 Å². The third-order valence-electron chi connectivity index (χ3n) is 6.14. The zero-order valence-electron chi connectivity index (χ0n) is 17.2. The SMILES string of the molecule is O=c1[nH]c(NC2CCN(S(=O)(=O)c3ccc4c(c3)OCCO4)CC2)nc2c1CCCC2. The van der Waals surface area contributed by atoms with E-state index in [4.69, 9.17) is 9.47 Å². The lowest BCUT2D eigenvalue weighted by Crippen LogP contribution is -2.42. The first kappa shape index (κ1) is 20.3. The topological polar surface area (TPSA) is 114 Å². The van der Waals surface area contributed by atoms with E-state index in [9.17, 15) is 13.2 Å². The lowest BCUT2D eigenvalue weighted by Gasteiger charge is -2.32. The highest BCUT2D eigenvalue weighted by Crippen LogP contribution is 2.33. The number of aromatic amines is 1. The van der Waals surface area contributed by atoms with Crippen LogP contribution in [0.4, 0.5) is 5.95 Å². The quantitative estimate of drug-likeness (QED) is 0.735. The fraction of sp³-hybridized carbons (Fsp3) is 0.524. The van der Waals surface area contributed by atoms with Crippen molar-refractivity contribution >= 4 is 16.0 Å². The highest BCUT2D eigenvalue weighted by atomic mass is 32.2. The molecule has 0 saturated carbocycles. The summed E-state index contributed by atoms with van der Waals surface area (Å²) in [6.07, 6.45) is 4.96. The number of aromatic nitrogens is 2. The van der Waals surface area contributed by atoms with E-state index < -0.39 is 10.0 Å². The molecule has 0 bridgehead atoms. The van der Waals surface area contributed by atoms with E-state index in [0.29, 0.717) is 56.6 Å². The van der Waals surface area contributed by atoms with Crippen LogP contribution >= 0.6 is 0 Å². The second kappa shape index (κ2) is 8.16. The second-order valence-corrected chi connectivity index (χ2v) is 10.1. The molecule has 1 saturated heterocycles. The van der Waals surface area contributed by atoms with Crippen molar-refractivity contribution in [2.24, 2.45) is 0 Å². The van der Waals surface area contributed by atoms with Crippen LogP contribution in [0.2, 0.25) is 0 Å². The van der Waals surface area contributed by atoms with Gasteiger partial charge >= 0.3 is 0 Å². The molecule has 31 heavy (non-hydrogen) atoms. The zero-order valence-corrected chi connectivity index (χ0v) is 18.0. The van der Waals surface area contributed by atoms with E-state index in [1.807, 2.05) is 0 Å². The van der Waals surface area contributed by atoms with Crippen LogP contribution in [0.1, 0.15) is 36.9 Å². The van der Waals surface area contributed by atoms with Crippen LogP contribution in [0.5, 0.6) is 11.5 Å². The molecule has 10 heteroatoms. The molecular weight excluding hydrogens is 420 g/mol. The first-order chi connectivity index (χ1) is 15.0. The number of hydrogen-bond donors (Lipinski definition) is 2. The Bertz CT molecular complexity index is 1140. The van der Waals surface area contributed by atoms with E-state index in [2.05, 4.69) is 15.3 Å². The van der Waals surface area contributed by atoms with Gasteiger partial charge in [-0.1, -0.05) is 0 Å². The maximum absolute atomic E-state index is 13.1. The average molecular weight is 447 g/mol. The van der Waals surface area contributed by atoms with Gasteiger partial charge in [-0.15, -0.1) is 0 Å². The third kappa shape index (κ3) is 4.01. The minimum Gasteiger partial charge on any atom is -0.486 e. The summed E-state index contributed by atoms with van der Waals surface area (Å²) >= 11 is 0. The summed E-state index contributed by atoms with van der Waals surface area (Å²) in [7, 11) is -3.61. The smallest absolute Gasteiger partial charge is 0.255 e. The molecule has 1 aromatic heterocycles. The van der Waals surface area contributed by atoms with Crippen LogP contribution in [0.3, 0.4) is 0 Å². The molecule has 0 spiro atoms. The monoisotopic (exact) mass is 446 g/mol. The van der Waals surface area contributed by atoms with Crippen molar-refractivity contribution in [2.75, 3.05) is 31.6 Å². The van der Waals surface area contributed by atoms with Crippen molar-refractivity contribution in [2.45, 2.75) is 49.5 Å². The summed E-state index contributed by atoms with van der Waals surface area (Å²) in [5.74, 6) is 1.52. The molecule has 1 aromatic carbocycles. The Hall–Kier alpha value is -2.59. The van der Waals surface area contributed by atoms with Crippen molar-refractivity contribution in [1.29, 1.82) is 0 Å². The summed E-state index contributed by atoms with van der Waals surface area (Å²) in [5.41, 5.74) is 1.62. The maximum atomic E-state index is 13.1. The molecule has 5 rings (SSSR count). The molecule has 0 unspecified atom stereocenters. The van der Waals surface area contributed by atoms with Crippen LogP contribution in [-0.4, -0.2) is 55.0 Å². The van der Waals surface area contributed by atoms with Gasteiger partial charge in [0, 0.05) is 30.8 Å². The summed E-state index contributed by atoms with van der Waals surface area (Å²) < 4.78 is 38.7. The van der Waals surface area contributed by atoms with E-state index >= 15 is 0 Å². The normalized spacial score (nSPS) is 19.6. The predicted molar refractivity (Wildman–Crippen MR) is 114 cm³/mol. The average Bonchev–Trinajstić information content (AvgIpc) is 2.79. The molecular formula is C21H26N4O5S. The van der Waals surface area contributed by atoms with Crippen molar-refractivity contribution in [3.8, 4) is 11.5 Å². The lowest BCUT2D eigenvalue weighted by atomic mass is 9.97. The Morgan fingerprint density at radius 1 is 1.06 bits per heavy atom. The molecule has 1 fully saturated rings. The minimum atomic E-state index is -3.61. The van der Waals surface area contributed by atoms with E-state index in [0.717, 1.165) is 36.9 Å². The van der Waals surface area contributed by atoms with E-state index in [1.165, 1.54) is 10.4 Å². The molecule has 166 valence electrons. The van der Waals surface area contributed by atoms with Gasteiger partial charge in [0.25, 0.3) is 5.56 Å². The Balaban J connectivity index is 1.25. The number of hydrogen-bond acceptors (Lipinski definition) is 7. The zero-order chi connectivity index (χ0) is 21.4. The van der Waals surface area contributed by atoms with Crippen LogP contribution in [0, 0.1) is 0 Å². The number of nitrogens with one attached hydrogen (secondary N) is 2. The molecule has 3 heterocycles. The fourth-order valence-electron chi connectivity index (χ4n) is 4.44. The summed E-state index contributed by atoms with van der Waals surface area (Å²) in [4.78, 5) is 20.0. The van der Waals surface area contributed by atoms with Crippen molar-refractivity contribution in [1.82, 2.24) is 14.3 Å². The molecule has 3 aliphatic rings. The van der Waals surface area contributed by atoms with Gasteiger partial charge in [-0.25, -0.2) is 13.4 Å². The number of sulfonamides is 1. The number of benzene rings is 1. The van der Waals surface area contributed by atoms with Gasteiger partial charge in [0.15, 0.2) is 11.5 Å². The molecule has 2 aromatic rings. The molecule has 0 radical (unpaired) electrons. The van der Waals surface area contributed by atoms with Crippen molar-refractivity contribution < 1.29 is 17.9 Å². The van der Waals surface area contributed by atoms with Crippen LogP contribution in [-0.2, 0) is 22.9 Å². The molecule has 2 aliphatic heterocycles. The van der Waals surface area contributed by atoms with Gasteiger partial charge in [-0.05, 0) is 50.7 Å². The van der Waals surface area contributed by atoms with Gasteiger partial charge in [-0.2, -0.15) is 4.31 Å². The number of nitrogens with zero attached hydrogens (tertiary/aromatic N) is 2. The standard InChI is InChI=1S/C21H26N4O5S/c26-20-16-3-1-2-4-17(16)23-21(24-20)22-14-7-9-25(10-8-14)31(27,28)15-5-6-18-19(13-15)30-12-11-29-18/h5-6,13-14H,1-4,7-12H2,(H2,22,23,24,26). The Labute approximate surface area is 180 Å². The molecule has 1 aliphatic carbocycles. The van der Waals surface area contributed by atoms with E-state index in [1.54, 1.807) is 12.1 Å². The minimum absolute atomic E-state index is 0.0523. The predicted octanol–water partition coefficient (Wildman–Crippen LogP) is 1.69. The molecule has 0 amide bonds. The number of piperidine rings is 1. The number of ether oxygens (including phenoxy) is 2. The van der Waals surface area contributed by atoms with Gasteiger partial charge in [0.2, 0.25) is 16.0 Å². The van der Waals surface area contributed by atoms with E-state index in [-0.39, 0.29) is 16.5 Å². The lowest BCUT2D eigenvalue weighted by molar-refractivity contribution is 0.171. The summed E-state index contributed by atoms with van der Waals surface area (Å²) in [6, 6.07) is 4.80. The number of H-pyrrole nitrogens is 1. The van der Waals surface area contributed by atoms with Crippen LogP contribution in [0.15, 0.2) is 27.9 Å². The van der Waals surface area contributed by atoms with Crippen LogP contribution < -0.4 is 20.3 Å². The van der Waals surface area contributed by atoms with Crippen LogP contribution in [0.25, 0.3) is 0 Å². The largest absolute Gasteiger partial charge is 0.486 e. The summed E-state index contributed by atoms with van der Waals surface area (Å²) in [6.45, 7) is 1.66. The highest BCUT2D eigenvalue weighted by Gasteiger charge is 2.31. The maximum Gasteiger partial charge on any atom is 0.255 e. The van der Waals surface area contributed by atoms with Gasteiger partial charge in [0.05, 0.1) is 10.6 Å². The molecule has 0 atom stereocenters. The molecule has 9 nitrogen and oxygen atoms in total. The third-order valence-corrected chi connectivity index (χ3v) is 8.03. The Morgan fingerprint density at radius 2 is 1.81 bits per heavy atom. The number of anilines is 1. The second-order valence-electron chi connectivity index (χ2n) is 8.18. The first-order valence-corrected chi connectivity index (χ1v) is 12.2. The molecule has 2 N–H and O–H groups in total. The Kier molecular flexibility index (Phi) is 5.35. The van der Waals surface area contributed by atoms with Gasteiger partial charge in [-0.3, -0.25) is 9.78 Å². The van der Waals surface area contributed by atoms with Crippen molar-refractivity contribution in [3.05, 3.63) is 39.8 Å². The highest BCUT2D eigenvalue weighted by molar-refractivity contribution is 7.89. The first-order valence-electron chi connectivity index (χ1n) is 10.8. The number of fused-ring (bicyclic) bond motifs is 2. The Morgan fingerprint density at radius 3 is 2.61 bits per heavy atom. The van der Waals surface area contributed by atoms with Crippen molar-refractivity contribution in [3.63, 3.8) is 0 Å². The fourth-order valence-corrected chi connectivity index (χ4v) is 5.92.